The van der Waals surface area contributed by atoms with Crippen molar-refractivity contribution in [3.63, 3.8) is 0 Å². The Bertz CT molecular complexity index is 85.7. The van der Waals surface area contributed by atoms with Gasteiger partial charge in [-0.05, 0) is 13.8 Å². The van der Waals surface area contributed by atoms with Crippen LogP contribution in [0.25, 0.3) is 0 Å². The molecule has 0 unspecified atom stereocenters. The van der Waals surface area contributed by atoms with Crippen molar-refractivity contribution in [1.29, 1.82) is 0 Å². The van der Waals surface area contributed by atoms with Crippen molar-refractivity contribution in [2.45, 2.75) is 26.4 Å². The maximum absolute atomic E-state index is 5.13. The van der Waals surface area contributed by atoms with Gasteiger partial charge in [0.25, 0.3) is 6.29 Å². The van der Waals surface area contributed by atoms with Gasteiger partial charge in [0, 0.05) is 13.2 Å². The first kappa shape index (κ1) is 7.94. The van der Waals surface area contributed by atoms with Gasteiger partial charge in [0.05, 0.1) is 0 Å². The van der Waals surface area contributed by atoms with Gasteiger partial charge in [-0.15, -0.1) is 0 Å². The van der Waals surface area contributed by atoms with Gasteiger partial charge >= 0.3 is 0 Å². The molecule has 0 aromatic rings. The van der Waals surface area contributed by atoms with E-state index < -0.39 is 0 Å². The molecule has 1 saturated heterocycles. The Morgan fingerprint density at radius 2 is 1.70 bits per heavy atom. The molecule has 60 valence electrons. The third-order valence-electron chi connectivity index (χ3n) is 1.09. The standard InChI is InChI=1S/C6H12O4/c1-3-7-5(8-4-2)6-9-10-6/h5-6H,3-4H2,1-2H3. The van der Waals surface area contributed by atoms with Crippen LogP contribution in [0, 0.1) is 0 Å². The molecule has 1 rings (SSSR count). The summed E-state index contributed by atoms with van der Waals surface area (Å²) >= 11 is 0. The van der Waals surface area contributed by atoms with E-state index >= 15 is 0 Å². The average Bonchev–Trinajstić information content (AvgIpc) is 2.69. The summed E-state index contributed by atoms with van der Waals surface area (Å²) in [6.07, 6.45) is -0.658. The summed E-state index contributed by atoms with van der Waals surface area (Å²) in [4.78, 5) is 9.05. The first-order chi connectivity index (χ1) is 4.88. The van der Waals surface area contributed by atoms with Crippen LogP contribution >= 0.6 is 0 Å². The Morgan fingerprint density at radius 1 is 1.20 bits per heavy atom. The minimum atomic E-state index is -0.352. The van der Waals surface area contributed by atoms with E-state index in [1.165, 1.54) is 0 Å². The first-order valence-corrected chi connectivity index (χ1v) is 3.43. The average molecular weight is 148 g/mol. The van der Waals surface area contributed by atoms with E-state index in [-0.39, 0.29) is 12.6 Å². The van der Waals surface area contributed by atoms with Gasteiger partial charge < -0.3 is 9.47 Å². The number of hydrogen-bond acceptors (Lipinski definition) is 4. The van der Waals surface area contributed by atoms with Crippen molar-refractivity contribution in [2.24, 2.45) is 0 Å². The van der Waals surface area contributed by atoms with E-state index in [4.69, 9.17) is 9.47 Å². The van der Waals surface area contributed by atoms with E-state index in [0.717, 1.165) is 0 Å². The van der Waals surface area contributed by atoms with E-state index in [9.17, 15) is 0 Å². The Morgan fingerprint density at radius 3 is 2.00 bits per heavy atom. The second-order valence-corrected chi connectivity index (χ2v) is 1.84. The third kappa shape index (κ3) is 2.22. The fourth-order valence-corrected chi connectivity index (χ4v) is 0.657. The highest BCUT2D eigenvalue weighted by Gasteiger charge is 2.37. The quantitative estimate of drug-likeness (QED) is 0.326. The largest absolute Gasteiger partial charge is 0.348 e. The molecule has 10 heavy (non-hydrogen) atoms. The highest BCUT2D eigenvalue weighted by molar-refractivity contribution is 4.52. The Hall–Kier alpha value is -0.160. The topological polar surface area (TPSA) is 43.5 Å². The zero-order valence-corrected chi connectivity index (χ0v) is 6.20. The van der Waals surface area contributed by atoms with Crippen LogP contribution in [0.15, 0.2) is 0 Å². The van der Waals surface area contributed by atoms with Gasteiger partial charge in [0.2, 0.25) is 6.29 Å². The fourth-order valence-electron chi connectivity index (χ4n) is 0.657. The van der Waals surface area contributed by atoms with E-state index in [2.05, 4.69) is 9.78 Å². The van der Waals surface area contributed by atoms with Crippen LogP contribution in [0.1, 0.15) is 13.8 Å². The molecule has 0 aliphatic carbocycles. The van der Waals surface area contributed by atoms with E-state index in [1.807, 2.05) is 13.8 Å². The molecule has 0 atom stereocenters. The van der Waals surface area contributed by atoms with Crippen molar-refractivity contribution in [1.82, 2.24) is 0 Å². The Balaban J connectivity index is 2.13. The summed E-state index contributed by atoms with van der Waals surface area (Å²) in [6, 6.07) is 0. The predicted molar refractivity (Wildman–Crippen MR) is 33.0 cm³/mol. The molecule has 1 aliphatic heterocycles. The minimum Gasteiger partial charge on any atom is -0.348 e. The molecular formula is C6H12O4. The van der Waals surface area contributed by atoms with Crippen molar-refractivity contribution < 1.29 is 19.2 Å². The van der Waals surface area contributed by atoms with Crippen molar-refractivity contribution >= 4 is 0 Å². The SMILES string of the molecule is CCOC(OCC)C1OO1. The van der Waals surface area contributed by atoms with Crippen LogP contribution < -0.4 is 0 Å². The molecule has 0 spiro atoms. The molecule has 0 aromatic heterocycles. The molecule has 0 N–H and O–H groups in total. The maximum Gasteiger partial charge on any atom is 0.274 e. The summed E-state index contributed by atoms with van der Waals surface area (Å²) in [6.45, 7) is 5.00. The Labute approximate surface area is 59.9 Å². The van der Waals surface area contributed by atoms with Gasteiger partial charge in [0.15, 0.2) is 0 Å². The summed E-state index contributed by atoms with van der Waals surface area (Å²) < 4.78 is 10.3. The van der Waals surface area contributed by atoms with Gasteiger partial charge in [-0.2, -0.15) is 9.78 Å². The highest BCUT2D eigenvalue weighted by Crippen LogP contribution is 2.19. The lowest BCUT2D eigenvalue weighted by atomic mass is 10.6. The summed E-state index contributed by atoms with van der Waals surface area (Å²) in [5.74, 6) is 0. The van der Waals surface area contributed by atoms with Crippen molar-refractivity contribution in [3.05, 3.63) is 0 Å². The fraction of sp³-hybridized carbons (Fsp3) is 1.00. The van der Waals surface area contributed by atoms with Crippen LogP contribution in [0.2, 0.25) is 0 Å². The molecule has 0 bridgehead atoms. The molecular weight excluding hydrogens is 136 g/mol. The maximum atomic E-state index is 5.13. The lowest BCUT2D eigenvalue weighted by molar-refractivity contribution is -0.150. The Kier molecular flexibility index (Phi) is 3.08. The number of hydrogen-bond donors (Lipinski definition) is 0. The van der Waals surface area contributed by atoms with E-state index in [1.54, 1.807) is 0 Å². The molecule has 0 saturated carbocycles. The number of rotatable bonds is 5. The lowest BCUT2D eigenvalue weighted by Crippen LogP contribution is -2.23. The first-order valence-electron chi connectivity index (χ1n) is 3.43. The molecule has 0 amide bonds. The van der Waals surface area contributed by atoms with Crippen LogP contribution in [0.3, 0.4) is 0 Å². The van der Waals surface area contributed by atoms with Crippen LogP contribution in [-0.2, 0) is 19.2 Å². The second kappa shape index (κ2) is 3.88. The minimum absolute atomic E-state index is 0.306. The monoisotopic (exact) mass is 148 g/mol. The van der Waals surface area contributed by atoms with Gasteiger partial charge in [-0.25, -0.2) is 0 Å². The van der Waals surface area contributed by atoms with Crippen LogP contribution in [-0.4, -0.2) is 25.8 Å². The van der Waals surface area contributed by atoms with Gasteiger partial charge in [0.1, 0.15) is 0 Å². The van der Waals surface area contributed by atoms with E-state index in [0.29, 0.717) is 13.2 Å². The molecule has 1 heterocycles. The summed E-state index contributed by atoms with van der Waals surface area (Å²) in [5.41, 5.74) is 0. The zero-order valence-electron chi connectivity index (χ0n) is 6.20. The zero-order chi connectivity index (χ0) is 7.40. The lowest BCUT2D eigenvalue weighted by Gasteiger charge is -2.10. The molecule has 1 aliphatic rings. The van der Waals surface area contributed by atoms with Crippen LogP contribution in [0.4, 0.5) is 0 Å². The highest BCUT2D eigenvalue weighted by atomic mass is 17.4. The number of ether oxygens (including phenoxy) is 2. The summed E-state index contributed by atoms with van der Waals surface area (Å²) in [7, 11) is 0. The van der Waals surface area contributed by atoms with Gasteiger partial charge in [-0.3, -0.25) is 0 Å². The molecule has 4 nitrogen and oxygen atoms in total. The second-order valence-electron chi connectivity index (χ2n) is 1.84. The smallest absolute Gasteiger partial charge is 0.274 e. The molecule has 4 heteroatoms. The van der Waals surface area contributed by atoms with Crippen molar-refractivity contribution in [2.75, 3.05) is 13.2 Å². The normalized spacial score (nSPS) is 18.3. The summed E-state index contributed by atoms with van der Waals surface area (Å²) in [5, 5.41) is 0. The molecule has 1 fully saturated rings. The van der Waals surface area contributed by atoms with Gasteiger partial charge in [-0.1, -0.05) is 0 Å². The van der Waals surface area contributed by atoms with Crippen LogP contribution in [0.5, 0.6) is 0 Å². The predicted octanol–water partition coefficient (Wildman–Crippen LogP) is 0.673. The third-order valence-corrected chi connectivity index (χ3v) is 1.09. The van der Waals surface area contributed by atoms with Crippen molar-refractivity contribution in [3.8, 4) is 0 Å². The molecule has 0 radical (unpaired) electrons. The molecule has 0 aromatic carbocycles.